The highest BCUT2D eigenvalue weighted by atomic mass is 16.6. The molecule has 3 aliphatic carbocycles. The van der Waals surface area contributed by atoms with Crippen LogP contribution in [0.3, 0.4) is 0 Å². The molecule has 0 bridgehead atoms. The van der Waals surface area contributed by atoms with E-state index in [9.17, 15) is 33.9 Å². The summed E-state index contributed by atoms with van der Waals surface area (Å²) in [4.78, 5) is 76.2. The summed E-state index contributed by atoms with van der Waals surface area (Å²) in [6, 6.07) is 0. The van der Waals surface area contributed by atoms with Gasteiger partial charge in [-0.15, -0.1) is 0 Å². The molecule has 0 radical (unpaired) electrons. The van der Waals surface area contributed by atoms with Crippen LogP contribution in [0.25, 0.3) is 0 Å². The van der Waals surface area contributed by atoms with Crippen molar-refractivity contribution in [2.75, 3.05) is 6.61 Å². The van der Waals surface area contributed by atoms with Gasteiger partial charge < -0.3 is 38.3 Å². The predicted molar refractivity (Wildman–Crippen MR) is 154 cm³/mol. The van der Waals surface area contributed by atoms with Gasteiger partial charge in [-0.05, 0) is 31.9 Å². The van der Waals surface area contributed by atoms with Gasteiger partial charge >= 0.3 is 35.8 Å². The van der Waals surface area contributed by atoms with Crippen LogP contribution in [0, 0.1) is 16.7 Å². The molecule has 2 saturated carbocycles. The fraction of sp³-hybridized carbons (Fsp3) is 0.750. The molecule has 1 heterocycles. The van der Waals surface area contributed by atoms with Gasteiger partial charge in [0.2, 0.25) is 0 Å². The summed E-state index contributed by atoms with van der Waals surface area (Å²) in [5.74, 6) is -5.43. The van der Waals surface area contributed by atoms with E-state index in [-0.39, 0.29) is 25.0 Å². The molecule has 0 aromatic heterocycles. The van der Waals surface area contributed by atoms with E-state index >= 15 is 0 Å². The molecule has 14 nitrogen and oxygen atoms in total. The quantitative estimate of drug-likeness (QED) is 0.181. The van der Waals surface area contributed by atoms with Gasteiger partial charge in [-0.25, -0.2) is 0 Å². The van der Waals surface area contributed by atoms with Gasteiger partial charge in [0.1, 0.15) is 30.0 Å². The van der Waals surface area contributed by atoms with Crippen LogP contribution in [-0.2, 0) is 61.9 Å². The Hall–Kier alpha value is -3.52. The molecule has 0 unspecified atom stereocenters. The maximum Gasteiger partial charge on any atom is 0.303 e. The van der Waals surface area contributed by atoms with Gasteiger partial charge in [0, 0.05) is 60.3 Å². The van der Waals surface area contributed by atoms with Crippen LogP contribution in [0.2, 0.25) is 0 Å². The topological polar surface area (TPSA) is 191 Å². The number of esters is 6. The minimum Gasteiger partial charge on any atom is -0.462 e. The number of ether oxygens (including phenoxy) is 7. The van der Waals surface area contributed by atoms with E-state index in [1.807, 2.05) is 0 Å². The zero-order chi connectivity index (χ0) is 34.7. The SMILES string of the molecule is CC(=O)O[C@H]1C[C@]2(C(C)(C)O)C(=C1C)[C@@H](OC(C)=O)[C@@H](OC(C)=O)[C@]1(C)[C@@H](OC(C)=O)C[C@@H](OC(C)=O)[C@]3(CO3)[C@H]1[C@@H]2OC(C)=O. The van der Waals surface area contributed by atoms with E-state index in [1.54, 1.807) is 13.8 Å². The molecule has 0 aromatic carbocycles. The molecule has 256 valence electrons. The van der Waals surface area contributed by atoms with E-state index < -0.39 is 100 Å². The molecule has 4 rings (SSSR count). The summed E-state index contributed by atoms with van der Waals surface area (Å²) in [6.45, 7) is 13.4. The Kier molecular flexibility index (Phi) is 9.16. The van der Waals surface area contributed by atoms with E-state index in [0.29, 0.717) is 5.57 Å². The third kappa shape index (κ3) is 5.67. The minimum atomic E-state index is -1.82. The van der Waals surface area contributed by atoms with E-state index in [2.05, 4.69) is 0 Å². The van der Waals surface area contributed by atoms with Crippen LogP contribution in [0.15, 0.2) is 11.1 Å². The molecule has 3 fully saturated rings. The van der Waals surface area contributed by atoms with Crippen molar-refractivity contribution in [3.8, 4) is 0 Å². The fourth-order valence-electron chi connectivity index (χ4n) is 8.55. The van der Waals surface area contributed by atoms with Crippen LogP contribution in [0.1, 0.15) is 82.1 Å². The molecule has 0 amide bonds. The Morgan fingerprint density at radius 1 is 0.739 bits per heavy atom. The Bertz CT molecular complexity index is 1350. The molecule has 10 atom stereocenters. The average molecular weight is 653 g/mol. The summed E-state index contributed by atoms with van der Waals surface area (Å²) in [7, 11) is 0. The average Bonchev–Trinajstić information content (AvgIpc) is 3.61. The molecule has 1 spiro atoms. The summed E-state index contributed by atoms with van der Waals surface area (Å²) >= 11 is 0. The predicted octanol–water partition coefficient (Wildman–Crippen LogP) is 1.86. The third-order valence-electron chi connectivity index (χ3n) is 10.1. The summed E-state index contributed by atoms with van der Waals surface area (Å²) in [6.07, 6.45) is -7.73. The van der Waals surface area contributed by atoms with Gasteiger partial charge in [-0.2, -0.15) is 0 Å². The number of fused-ring (bicyclic) bond motifs is 3. The van der Waals surface area contributed by atoms with Gasteiger partial charge in [0.15, 0.2) is 12.2 Å². The maximum absolute atomic E-state index is 13.1. The van der Waals surface area contributed by atoms with Crippen molar-refractivity contribution in [1.29, 1.82) is 0 Å². The van der Waals surface area contributed by atoms with Crippen LogP contribution in [0.5, 0.6) is 0 Å². The first-order valence-electron chi connectivity index (χ1n) is 15.2. The molecule has 1 aliphatic heterocycles. The molecule has 46 heavy (non-hydrogen) atoms. The summed E-state index contributed by atoms with van der Waals surface area (Å²) < 4.78 is 41.8. The van der Waals surface area contributed by atoms with Gasteiger partial charge in [0.05, 0.1) is 23.0 Å². The summed E-state index contributed by atoms with van der Waals surface area (Å²) in [5, 5.41) is 12.3. The molecule has 1 N–H and O–H groups in total. The van der Waals surface area contributed by atoms with Crippen LogP contribution >= 0.6 is 0 Å². The number of hydrogen-bond donors (Lipinski definition) is 1. The largest absolute Gasteiger partial charge is 0.462 e. The normalized spacial score (nSPS) is 38.0. The van der Waals surface area contributed by atoms with Crippen molar-refractivity contribution < 1.29 is 67.0 Å². The number of aliphatic hydroxyl groups is 1. The van der Waals surface area contributed by atoms with Crippen molar-refractivity contribution in [3.05, 3.63) is 11.1 Å². The number of rotatable bonds is 7. The van der Waals surface area contributed by atoms with Gasteiger partial charge in [-0.1, -0.05) is 6.92 Å². The molecular weight excluding hydrogens is 608 g/mol. The van der Waals surface area contributed by atoms with E-state index in [0.717, 1.165) is 13.8 Å². The smallest absolute Gasteiger partial charge is 0.303 e. The second-order valence-corrected chi connectivity index (χ2v) is 13.5. The highest BCUT2D eigenvalue weighted by Gasteiger charge is 2.81. The monoisotopic (exact) mass is 652 g/mol. The number of carbonyl (C=O) groups excluding carboxylic acids is 6. The van der Waals surface area contributed by atoms with Gasteiger partial charge in [0.25, 0.3) is 0 Å². The van der Waals surface area contributed by atoms with E-state index in [1.165, 1.54) is 41.5 Å². The second kappa shape index (κ2) is 11.9. The van der Waals surface area contributed by atoms with Crippen LogP contribution < -0.4 is 0 Å². The Morgan fingerprint density at radius 3 is 1.63 bits per heavy atom. The Labute approximate surface area is 267 Å². The molecular formula is C32H44O14. The van der Waals surface area contributed by atoms with Crippen molar-refractivity contribution in [1.82, 2.24) is 0 Å². The lowest BCUT2D eigenvalue weighted by atomic mass is 9.52. The first-order valence-corrected chi connectivity index (χ1v) is 15.2. The highest BCUT2D eigenvalue weighted by molar-refractivity contribution is 5.71. The lowest BCUT2D eigenvalue weighted by Crippen LogP contribution is -2.69. The highest BCUT2D eigenvalue weighted by Crippen LogP contribution is 2.69. The van der Waals surface area contributed by atoms with Crippen molar-refractivity contribution >= 4 is 35.8 Å². The maximum atomic E-state index is 13.1. The lowest BCUT2D eigenvalue weighted by Gasteiger charge is -2.57. The van der Waals surface area contributed by atoms with Crippen LogP contribution in [-0.4, -0.2) is 95.4 Å². The second-order valence-electron chi connectivity index (χ2n) is 13.5. The standard InChI is InChI=1S/C32H44O14/c1-14-21(41-15(2)33)12-31(29(8,9)39)24(14)25(44-18(5)36)27(45-19(6)37)30(10)22(42-16(3)34)11-23(43-17(4)35)32(13-40-32)26(30)28(31)46-20(7)38/h21-23,25-28,39H,11-13H2,1-10H3/t21-,22-,23+,25+,26-,27+,28-,30+,31-,32+/m0/s1. The van der Waals surface area contributed by atoms with Crippen molar-refractivity contribution in [3.63, 3.8) is 0 Å². The lowest BCUT2D eigenvalue weighted by molar-refractivity contribution is -0.248. The summed E-state index contributed by atoms with van der Waals surface area (Å²) in [5.41, 5.74) is -5.87. The number of epoxide rings is 1. The Balaban J connectivity index is 2.22. The van der Waals surface area contributed by atoms with Crippen LogP contribution in [0.4, 0.5) is 0 Å². The Morgan fingerprint density at radius 2 is 1.20 bits per heavy atom. The first-order chi connectivity index (χ1) is 21.1. The zero-order valence-corrected chi connectivity index (χ0v) is 27.9. The number of carbonyl (C=O) groups is 6. The van der Waals surface area contributed by atoms with Crippen molar-refractivity contribution in [2.45, 2.75) is 130 Å². The molecule has 4 aliphatic rings. The molecule has 1 saturated heterocycles. The molecule has 14 heteroatoms. The van der Waals surface area contributed by atoms with Gasteiger partial charge in [-0.3, -0.25) is 28.8 Å². The fourth-order valence-corrected chi connectivity index (χ4v) is 8.55. The zero-order valence-electron chi connectivity index (χ0n) is 27.9. The minimum absolute atomic E-state index is 0.00583. The molecule has 0 aromatic rings. The first kappa shape index (κ1) is 35.3. The van der Waals surface area contributed by atoms with Crippen molar-refractivity contribution in [2.24, 2.45) is 16.7 Å². The number of hydrogen-bond acceptors (Lipinski definition) is 14. The third-order valence-corrected chi connectivity index (χ3v) is 10.1. The van der Waals surface area contributed by atoms with E-state index in [4.69, 9.17) is 33.2 Å².